The molecular weight excluding hydrogens is 322 g/mol. The van der Waals surface area contributed by atoms with Gasteiger partial charge in [-0.3, -0.25) is 0 Å². The SMILES string of the molecule is COC(=O)c1c(-c2ccccc2)cn2ccc(Cc3ccccc3)cc12. The molecule has 0 aliphatic rings. The number of ether oxygens (including phenoxy) is 1. The topological polar surface area (TPSA) is 30.7 Å². The number of carbonyl (C=O) groups is 1. The Morgan fingerprint density at radius 1 is 0.923 bits per heavy atom. The van der Waals surface area contributed by atoms with Gasteiger partial charge in [0.05, 0.1) is 18.2 Å². The standard InChI is InChI=1S/C23H19NO2/c1-26-23(25)22-20(19-10-6-3-7-11-19)16-24-13-12-18(15-21(22)24)14-17-8-4-2-5-9-17/h2-13,15-16H,14H2,1H3. The summed E-state index contributed by atoms with van der Waals surface area (Å²) in [6.45, 7) is 0. The number of rotatable bonds is 4. The summed E-state index contributed by atoms with van der Waals surface area (Å²) in [5.74, 6) is -0.316. The largest absolute Gasteiger partial charge is 0.465 e. The summed E-state index contributed by atoms with van der Waals surface area (Å²) in [5.41, 5.74) is 5.76. The highest BCUT2D eigenvalue weighted by Crippen LogP contribution is 2.30. The van der Waals surface area contributed by atoms with Crippen LogP contribution >= 0.6 is 0 Å². The minimum Gasteiger partial charge on any atom is -0.465 e. The maximum atomic E-state index is 12.5. The van der Waals surface area contributed by atoms with Crippen molar-refractivity contribution in [2.45, 2.75) is 6.42 Å². The molecule has 0 atom stereocenters. The Bertz CT molecular complexity index is 1050. The molecule has 26 heavy (non-hydrogen) atoms. The van der Waals surface area contributed by atoms with Gasteiger partial charge in [-0.2, -0.15) is 0 Å². The maximum absolute atomic E-state index is 12.5. The molecule has 3 heteroatoms. The lowest BCUT2D eigenvalue weighted by atomic mass is 10.0. The zero-order valence-electron chi connectivity index (χ0n) is 14.6. The molecule has 0 amide bonds. The molecule has 0 unspecified atom stereocenters. The van der Waals surface area contributed by atoms with Crippen LogP contribution in [-0.4, -0.2) is 17.5 Å². The molecule has 2 heterocycles. The molecule has 0 saturated carbocycles. The van der Waals surface area contributed by atoms with Crippen LogP contribution in [0.1, 0.15) is 21.5 Å². The number of carbonyl (C=O) groups excluding carboxylic acids is 1. The van der Waals surface area contributed by atoms with E-state index in [9.17, 15) is 4.79 Å². The molecule has 0 fully saturated rings. The van der Waals surface area contributed by atoms with Gasteiger partial charge in [0.1, 0.15) is 0 Å². The van der Waals surface area contributed by atoms with Crippen molar-refractivity contribution in [2.75, 3.05) is 7.11 Å². The first-order valence-electron chi connectivity index (χ1n) is 8.57. The van der Waals surface area contributed by atoms with E-state index < -0.39 is 0 Å². The van der Waals surface area contributed by atoms with Crippen LogP contribution in [0.25, 0.3) is 16.6 Å². The average molecular weight is 341 g/mol. The van der Waals surface area contributed by atoms with E-state index in [2.05, 4.69) is 24.3 Å². The number of methoxy groups -OCH3 is 1. The van der Waals surface area contributed by atoms with E-state index in [-0.39, 0.29) is 5.97 Å². The van der Waals surface area contributed by atoms with Crippen molar-refractivity contribution in [3.05, 3.63) is 102 Å². The van der Waals surface area contributed by atoms with Crippen LogP contribution in [0, 0.1) is 0 Å². The number of esters is 1. The number of nitrogens with zero attached hydrogens (tertiary/aromatic N) is 1. The molecule has 0 bridgehead atoms. The molecule has 3 nitrogen and oxygen atoms in total. The van der Waals surface area contributed by atoms with Crippen LogP contribution < -0.4 is 0 Å². The van der Waals surface area contributed by atoms with Crippen molar-refractivity contribution in [3.63, 3.8) is 0 Å². The van der Waals surface area contributed by atoms with Crippen molar-refractivity contribution in [1.29, 1.82) is 0 Å². The summed E-state index contributed by atoms with van der Waals surface area (Å²) < 4.78 is 7.06. The number of benzene rings is 2. The van der Waals surface area contributed by atoms with Crippen LogP contribution in [0.15, 0.2) is 85.2 Å². The van der Waals surface area contributed by atoms with Crippen LogP contribution in [0.5, 0.6) is 0 Å². The van der Waals surface area contributed by atoms with Crippen molar-refractivity contribution in [2.24, 2.45) is 0 Å². The van der Waals surface area contributed by atoms with E-state index in [1.807, 2.05) is 65.3 Å². The highest BCUT2D eigenvalue weighted by atomic mass is 16.5. The summed E-state index contributed by atoms with van der Waals surface area (Å²) in [4.78, 5) is 12.5. The van der Waals surface area contributed by atoms with E-state index in [4.69, 9.17) is 4.74 Å². The Morgan fingerprint density at radius 3 is 2.31 bits per heavy atom. The minimum absolute atomic E-state index is 0.316. The monoisotopic (exact) mass is 341 g/mol. The van der Waals surface area contributed by atoms with Gasteiger partial charge in [0.15, 0.2) is 0 Å². The molecule has 0 saturated heterocycles. The predicted octanol–water partition coefficient (Wildman–Crippen LogP) is 4.98. The molecular formula is C23H19NO2. The van der Waals surface area contributed by atoms with Gasteiger partial charge in [0.2, 0.25) is 0 Å². The van der Waals surface area contributed by atoms with E-state index >= 15 is 0 Å². The Kier molecular flexibility index (Phi) is 4.28. The predicted molar refractivity (Wildman–Crippen MR) is 103 cm³/mol. The van der Waals surface area contributed by atoms with E-state index in [1.54, 1.807) is 0 Å². The lowest BCUT2D eigenvalue weighted by molar-refractivity contribution is 0.0604. The second kappa shape index (κ2) is 6.89. The zero-order valence-corrected chi connectivity index (χ0v) is 14.6. The molecule has 0 N–H and O–H groups in total. The highest BCUT2D eigenvalue weighted by molar-refractivity contribution is 6.04. The molecule has 128 valence electrons. The fraction of sp³-hybridized carbons (Fsp3) is 0.0870. The number of aromatic nitrogens is 1. The second-order valence-electron chi connectivity index (χ2n) is 6.27. The number of hydrogen-bond acceptors (Lipinski definition) is 2. The number of fused-ring (bicyclic) bond motifs is 1. The van der Waals surface area contributed by atoms with E-state index in [0.717, 1.165) is 28.6 Å². The molecule has 4 rings (SSSR count). The van der Waals surface area contributed by atoms with Gasteiger partial charge in [0.25, 0.3) is 0 Å². The Balaban J connectivity index is 1.85. The normalized spacial score (nSPS) is 10.8. The van der Waals surface area contributed by atoms with Gasteiger partial charge in [-0.25, -0.2) is 4.79 Å². The van der Waals surface area contributed by atoms with Gasteiger partial charge in [-0.1, -0.05) is 60.7 Å². The highest BCUT2D eigenvalue weighted by Gasteiger charge is 2.20. The molecule has 0 aliphatic heterocycles. The molecule has 0 spiro atoms. The quantitative estimate of drug-likeness (QED) is 0.490. The first kappa shape index (κ1) is 16.2. The molecule has 2 aromatic carbocycles. The molecule has 2 aromatic heterocycles. The summed E-state index contributed by atoms with van der Waals surface area (Å²) in [5, 5.41) is 0. The van der Waals surface area contributed by atoms with Crippen molar-refractivity contribution in [3.8, 4) is 11.1 Å². The number of hydrogen-bond donors (Lipinski definition) is 0. The molecule has 0 aliphatic carbocycles. The van der Waals surface area contributed by atoms with Crippen molar-refractivity contribution < 1.29 is 9.53 Å². The maximum Gasteiger partial charge on any atom is 0.340 e. The van der Waals surface area contributed by atoms with Crippen LogP contribution in [0.2, 0.25) is 0 Å². The van der Waals surface area contributed by atoms with Gasteiger partial charge in [-0.05, 0) is 35.2 Å². The minimum atomic E-state index is -0.316. The van der Waals surface area contributed by atoms with Gasteiger partial charge >= 0.3 is 5.97 Å². The third-order valence-corrected chi connectivity index (χ3v) is 4.57. The Labute approximate surface area is 152 Å². The van der Waals surface area contributed by atoms with Gasteiger partial charge < -0.3 is 9.14 Å². The summed E-state index contributed by atoms with van der Waals surface area (Å²) >= 11 is 0. The summed E-state index contributed by atoms with van der Waals surface area (Å²) in [6, 6.07) is 24.4. The molecule has 4 aromatic rings. The smallest absolute Gasteiger partial charge is 0.340 e. The zero-order chi connectivity index (χ0) is 17.9. The Hall–Kier alpha value is -3.33. The van der Waals surface area contributed by atoms with Gasteiger partial charge in [0, 0.05) is 18.0 Å². The Morgan fingerprint density at radius 2 is 1.62 bits per heavy atom. The fourth-order valence-electron chi connectivity index (χ4n) is 3.30. The summed E-state index contributed by atoms with van der Waals surface area (Å²) in [6.07, 6.45) is 4.82. The summed E-state index contributed by atoms with van der Waals surface area (Å²) in [7, 11) is 1.43. The second-order valence-corrected chi connectivity index (χ2v) is 6.27. The first-order chi connectivity index (χ1) is 12.8. The third kappa shape index (κ3) is 3.00. The van der Waals surface area contributed by atoms with Crippen LogP contribution in [0.4, 0.5) is 0 Å². The lowest BCUT2D eigenvalue weighted by Gasteiger charge is -2.05. The van der Waals surface area contributed by atoms with Crippen molar-refractivity contribution in [1.82, 2.24) is 4.40 Å². The van der Waals surface area contributed by atoms with E-state index in [1.165, 1.54) is 12.7 Å². The van der Waals surface area contributed by atoms with Gasteiger partial charge in [-0.15, -0.1) is 0 Å². The van der Waals surface area contributed by atoms with E-state index in [0.29, 0.717) is 5.56 Å². The van der Waals surface area contributed by atoms with Crippen LogP contribution in [-0.2, 0) is 11.2 Å². The number of pyridine rings is 1. The van der Waals surface area contributed by atoms with Crippen LogP contribution in [0.3, 0.4) is 0 Å². The van der Waals surface area contributed by atoms with Crippen molar-refractivity contribution >= 4 is 11.5 Å². The fourth-order valence-corrected chi connectivity index (χ4v) is 3.30. The first-order valence-corrected chi connectivity index (χ1v) is 8.57. The lowest BCUT2D eigenvalue weighted by Crippen LogP contribution is -2.02. The average Bonchev–Trinajstić information content (AvgIpc) is 3.08. The third-order valence-electron chi connectivity index (χ3n) is 4.57. The molecule has 0 radical (unpaired) electrons.